The Bertz CT molecular complexity index is 164. The highest BCUT2D eigenvalue weighted by Crippen LogP contribution is 2.21. The lowest BCUT2D eigenvalue weighted by atomic mass is 9.87. The molecular weight excluding hydrogens is 188 g/mol. The molecule has 0 saturated carbocycles. The molecule has 0 bridgehead atoms. The smallest absolute Gasteiger partial charge is 0.0478 e. The van der Waals surface area contributed by atoms with Gasteiger partial charge in [-0.1, -0.05) is 6.92 Å². The molecule has 1 rings (SSSR count). The third-order valence-electron chi connectivity index (χ3n) is 3.44. The first-order valence-corrected chi connectivity index (χ1v) is 6.28. The topological polar surface area (TPSA) is 38.5 Å². The van der Waals surface area contributed by atoms with Crippen molar-refractivity contribution in [3.05, 3.63) is 0 Å². The van der Waals surface area contributed by atoms with Crippen molar-refractivity contribution in [1.29, 1.82) is 0 Å². The molecule has 1 aliphatic heterocycles. The second-order valence-electron chi connectivity index (χ2n) is 4.61. The molecule has 1 aliphatic rings. The zero-order valence-electron chi connectivity index (χ0n) is 10.2. The molecule has 0 aromatic rings. The van der Waals surface area contributed by atoms with Crippen molar-refractivity contribution < 1.29 is 4.74 Å². The van der Waals surface area contributed by atoms with Crippen LogP contribution in [0.1, 0.15) is 26.7 Å². The molecule has 0 aromatic heterocycles. The van der Waals surface area contributed by atoms with Gasteiger partial charge in [0, 0.05) is 26.3 Å². The van der Waals surface area contributed by atoms with E-state index in [9.17, 15) is 0 Å². The van der Waals surface area contributed by atoms with Gasteiger partial charge in [0.15, 0.2) is 0 Å². The van der Waals surface area contributed by atoms with Gasteiger partial charge in [0.25, 0.3) is 0 Å². The molecule has 1 saturated heterocycles. The lowest BCUT2D eigenvalue weighted by Crippen LogP contribution is -2.42. The first-order chi connectivity index (χ1) is 7.27. The summed E-state index contributed by atoms with van der Waals surface area (Å²) < 4.78 is 5.35. The fourth-order valence-electron chi connectivity index (χ4n) is 2.37. The summed E-state index contributed by atoms with van der Waals surface area (Å²) in [5.41, 5.74) is 5.74. The Labute approximate surface area is 94.0 Å². The number of piperidine rings is 1. The highest BCUT2D eigenvalue weighted by molar-refractivity contribution is 4.78. The van der Waals surface area contributed by atoms with Gasteiger partial charge in [-0.3, -0.25) is 0 Å². The lowest BCUT2D eigenvalue weighted by molar-refractivity contribution is 0.102. The van der Waals surface area contributed by atoms with E-state index in [0.717, 1.165) is 38.0 Å². The summed E-state index contributed by atoms with van der Waals surface area (Å²) in [6.07, 6.45) is 2.43. The maximum Gasteiger partial charge on any atom is 0.0478 e. The van der Waals surface area contributed by atoms with Crippen LogP contribution in [-0.2, 0) is 4.74 Å². The molecule has 2 atom stereocenters. The van der Waals surface area contributed by atoms with Crippen molar-refractivity contribution in [2.75, 3.05) is 39.4 Å². The molecule has 1 heterocycles. The maximum atomic E-state index is 5.74. The Morgan fingerprint density at radius 1 is 1.47 bits per heavy atom. The van der Waals surface area contributed by atoms with Gasteiger partial charge in [0.1, 0.15) is 0 Å². The average Bonchev–Trinajstić information content (AvgIpc) is 2.25. The molecule has 3 nitrogen and oxygen atoms in total. The van der Waals surface area contributed by atoms with E-state index >= 15 is 0 Å². The highest BCUT2D eigenvalue weighted by Gasteiger charge is 2.24. The van der Waals surface area contributed by atoms with E-state index < -0.39 is 0 Å². The van der Waals surface area contributed by atoms with Crippen LogP contribution in [-0.4, -0.2) is 44.3 Å². The summed E-state index contributed by atoms with van der Waals surface area (Å²) in [7, 11) is 0. The van der Waals surface area contributed by atoms with Gasteiger partial charge in [-0.15, -0.1) is 0 Å². The third-order valence-corrected chi connectivity index (χ3v) is 3.44. The van der Waals surface area contributed by atoms with Crippen LogP contribution in [0.2, 0.25) is 0 Å². The molecule has 3 heteroatoms. The number of nitrogens with zero attached hydrogens (tertiary/aromatic N) is 1. The quantitative estimate of drug-likeness (QED) is 0.678. The van der Waals surface area contributed by atoms with Gasteiger partial charge >= 0.3 is 0 Å². The van der Waals surface area contributed by atoms with Gasteiger partial charge in [-0.2, -0.15) is 0 Å². The largest absolute Gasteiger partial charge is 0.382 e. The van der Waals surface area contributed by atoms with Crippen LogP contribution in [0, 0.1) is 11.8 Å². The van der Waals surface area contributed by atoms with Crippen LogP contribution in [0.3, 0.4) is 0 Å². The van der Waals surface area contributed by atoms with Crippen molar-refractivity contribution in [2.45, 2.75) is 26.7 Å². The predicted octanol–water partition coefficient (Wildman–Crippen LogP) is 1.33. The van der Waals surface area contributed by atoms with E-state index in [1.807, 2.05) is 0 Å². The maximum absolute atomic E-state index is 5.74. The van der Waals surface area contributed by atoms with Crippen molar-refractivity contribution in [3.8, 4) is 0 Å². The van der Waals surface area contributed by atoms with Crippen LogP contribution in [0.4, 0.5) is 0 Å². The molecule has 0 radical (unpaired) electrons. The zero-order chi connectivity index (χ0) is 11.1. The Hall–Kier alpha value is -0.120. The molecule has 2 unspecified atom stereocenters. The predicted molar refractivity (Wildman–Crippen MR) is 63.9 cm³/mol. The lowest BCUT2D eigenvalue weighted by Gasteiger charge is -2.36. The van der Waals surface area contributed by atoms with Gasteiger partial charge < -0.3 is 15.4 Å². The third kappa shape index (κ3) is 4.49. The number of likely N-dealkylation sites (tertiary alicyclic amines) is 1. The monoisotopic (exact) mass is 214 g/mol. The van der Waals surface area contributed by atoms with E-state index in [1.165, 1.54) is 26.1 Å². The Morgan fingerprint density at radius 3 is 2.87 bits per heavy atom. The molecule has 90 valence electrons. The van der Waals surface area contributed by atoms with Crippen molar-refractivity contribution in [1.82, 2.24) is 4.90 Å². The van der Waals surface area contributed by atoms with E-state index in [-0.39, 0.29) is 0 Å². The van der Waals surface area contributed by atoms with Crippen molar-refractivity contribution >= 4 is 0 Å². The molecule has 15 heavy (non-hydrogen) atoms. The minimum absolute atomic E-state index is 0.744. The molecule has 0 aliphatic carbocycles. The zero-order valence-corrected chi connectivity index (χ0v) is 10.2. The van der Waals surface area contributed by atoms with Crippen LogP contribution >= 0.6 is 0 Å². The molecule has 2 N–H and O–H groups in total. The SMILES string of the molecule is CCOCCCN1CCC(CN)C(C)C1. The number of hydrogen-bond acceptors (Lipinski definition) is 3. The number of ether oxygens (including phenoxy) is 1. The summed E-state index contributed by atoms with van der Waals surface area (Å²) in [5.74, 6) is 1.50. The van der Waals surface area contributed by atoms with Crippen molar-refractivity contribution in [3.63, 3.8) is 0 Å². The summed E-state index contributed by atoms with van der Waals surface area (Å²) in [4.78, 5) is 2.55. The Balaban J connectivity index is 2.11. The average molecular weight is 214 g/mol. The second kappa shape index (κ2) is 7.20. The number of hydrogen-bond donors (Lipinski definition) is 1. The van der Waals surface area contributed by atoms with Crippen LogP contribution in [0.5, 0.6) is 0 Å². The van der Waals surface area contributed by atoms with Gasteiger partial charge in [-0.25, -0.2) is 0 Å². The standard InChI is InChI=1S/C12H26N2O/c1-3-15-8-4-6-14-7-5-12(9-13)11(2)10-14/h11-12H,3-10,13H2,1-2H3. The minimum Gasteiger partial charge on any atom is -0.382 e. The fourth-order valence-corrected chi connectivity index (χ4v) is 2.37. The normalized spacial score (nSPS) is 28.2. The summed E-state index contributed by atoms with van der Waals surface area (Å²) in [6.45, 7) is 10.6. The molecule has 0 aromatic carbocycles. The molecular formula is C12H26N2O. The van der Waals surface area contributed by atoms with Crippen LogP contribution in [0.15, 0.2) is 0 Å². The van der Waals surface area contributed by atoms with E-state index in [2.05, 4.69) is 18.7 Å². The molecule has 0 amide bonds. The van der Waals surface area contributed by atoms with E-state index in [4.69, 9.17) is 10.5 Å². The summed E-state index contributed by atoms with van der Waals surface area (Å²) in [5, 5.41) is 0. The first-order valence-electron chi connectivity index (χ1n) is 6.28. The summed E-state index contributed by atoms with van der Waals surface area (Å²) >= 11 is 0. The van der Waals surface area contributed by atoms with Crippen molar-refractivity contribution in [2.24, 2.45) is 17.6 Å². The van der Waals surface area contributed by atoms with Gasteiger partial charge in [0.05, 0.1) is 0 Å². The summed E-state index contributed by atoms with van der Waals surface area (Å²) in [6, 6.07) is 0. The van der Waals surface area contributed by atoms with Crippen LogP contribution < -0.4 is 5.73 Å². The minimum atomic E-state index is 0.744. The van der Waals surface area contributed by atoms with Gasteiger partial charge in [0.2, 0.25) is 0 Å². The molecule has 0 spiro atoms. The van der Waals surface area contributed by atoms with E-state index in [1.54, 1.807) is 0 Å². The van der Waals surface area contributed by atoms with E-state index in [0.29, 0.717) is 0 Å². The molecule has 1 fully saturated rings. The Morgan fingerprint density at radius 2 is 2.27 bits per heavy atom. The van der Waals surface area contributed by atoms with Crippen LogP contribution in [0.25, 0.3) is 0 Å². The Kier molecular flexibility index (Phi) is 6.22. The number of nitrogens with two attached hydrogens (primary N) is 1. The second-order valence-corrected chi connectivity index (χ2v) is 4.61. The highest BCUT2D eigenvalue weighted by atomic mass is 16.5. The fraction of sp³-hybridized carbons (Fsp3) is 1.00. The van der Waals surface area contributed by atoms with Gasteiger partial charge in [-0.05, 0) is 44.7 Å². The number of rotatable bonds is 6. The first kappa shape index (κ1) is 12.9.